The van der Waals surface area contributed by atoms with Crippen LogP contribution in [-0.4, -0.2) is 36.2 Å². The van der Waals surface area contributed by atoms with Gasteiger partial charge in [-0.2, -0.15) is 0 Å². The van der Waals surface area contributed by atoms with Gasteiger partial charge in [0.15, 0.2) is 5.85 Å². The van der Waals surface area contributed by atoms with Crippen LogP contribution in [0.2, 0.25) is 0 Å². The van der Waals surface area contributed by atoms with Crippen LogP contribution in [0.1, 0.15) is 25.5 Å². The molecule has 0 bridgehead atoms. The number of rotatable bonds is 5. The van der Waals surface area contributed by atoms with Crippen molar-refractivity contribution in [1.82, 2.24) is 9.32 Å². The maximum absolute atomic E-state index is 10.7. The molecule has 0 spiro atoms. The van der Waals surface area contributed by atoms with E-state index in [9.17, 15) is 9.67 Å². The lowest BCUT2D eigenvalue weighted by Gasteiger charge is -2.11. The molecular formula is C8H16N2O4P2. The first-order valence-corrected chi connectivity index (χ1v) is 7.65. The van der Waals surface area contributed by atoms with E-state index in [0.717, 1.165) is 5.69 Å². The van der Waals surface area contributed by atoms with E-state index in [0.29, 0.717) is 5.92 Å². The fraction of sp³-hybridized carbons (Fsp3) is 0.625. The van der Waals surface area contributed by atoms with Crippen LogP contribution < -0.4 is 0 Å². The molecular weight excluding hydrogens is 250 g/mol. The van der Waals surface area contributed by atoms with Crippen molar-refractivity contribution < 1.29 is 19.5 Å². The summed E-state index contributed by atoms with van der Waals surface area (Å²) in [6.45, 7) is 4.03. The summed E-state index contributed by atoms with van der Waals surface area (Å²) in [4.78, 5) is 21.5. The first-order chi connectivity index (χ1) is 7.30. The molecule has 0 amide bonds. The Balaban J connectivity index is 2.52. The summed E-state index contributed by atoms with van der Waals surface area (Å²) in [6.07, 6.45) is 3.48. The van der Waals surface area contributed by atoms with Gasteiger partial charge >= 0.3 is 7.60 Å². The van der Waals surface area contributed by atoms with E-state index in [4.69, 9.17) is 9.79 Å². The van der Waals surface area contributed by atoms with Gasteiger partial charge in [0.1, 0.15) is 0 Å². The zero-order valence-corrected chi connectivity index (χ0v) is 11.0. The van der Waals surface area contributed by atoms with E-state index in [1.54, 1.807) is 10.7 Å². The lowest BCUT2D eigenvalue weighted by Crippen LogP contribution is -2.10. The first kappa shape index (κ1) is 13.8. The molecule has 1 aromatic rings. The van der Waals surface area contributed by atoms with E-state index < -0.39 is 13.4 Å². The minimum Gasteiger partial charge on any atom is -0.380 e. The Morgan fingerprint density at radius 1 is 1.56 bits per heavy atom. The lowest BCUT2D eigenvalue weighted by atomic mass is 10.2. The molecule has 16 heavy (non-hydrogen) atoms. The monoisotopic (exact) mass is 266 g/mol. The van der Waals surface area contributed by atoms with E-state index in [-0.39, 0.29) is 14.9 Å². The highest BCUT2D eigenvalue weighted by molar-refractivity contribution is 7.53. The summed E-state index contributed by atoms with van der Waals surface area (Å²) in [7, 11) is -4.29. The highest BCUT2D eigenvalue weighted by atomic mass is 31.2. The molecule has 0 aliphatic heterocycles. The molecule has 92 valence electrons. The SMILES string of the molecule is CC(C)c1cn(PCC(O)P(=O)(O)O)cn1. The van der Waals surface area contributed by atoms with Crippen molar-refractivity contribution in [2.24, 2.45) is 0 Å². The lowest BCUT2D eigenvalue weighted by molar-refractivity contribution is 0.220. The summed E-state index contributed by atoms with van der Waals surface area (Å²) in [6, 6.07) is 0. The van der Waals surface area contributed by atoms with Crippen LogP contribution in [0.3, 0.4) is 0 Å². The molecule has 0 radical (unpaired) electrons. The van der Waals surface area contributed by atoms with Gasteiger partial charge in [0.05, 0.1) is 12.0 Å². The van der Waals surface area contributed by atoms with Crippen LogP contribution in [0.15, 0.2) is 12.5 Å². The van der Waals surface area contributed by atoms with Gasteiger partial charge in [-0.15, -0.1) is 0 Å². The second kappa shape index (κ2) is 5.39. The molecule has 0 aromatic carbocycles. The summed E-state index contributed by atoms with van der Waals surface area (Å²) in [5.74, 6) is -1.27. The molecule has 0 aliphatic rings. The number of nitrogens with zero attached hydrogens (tertiary/aromatic N) is 2. The standard InChI is InChI=1S/C8H16N2O4P2/c1-6(2)7-3-10(5-9-7)15-4-8(11)16(12,13)14/h3,5-6,8,11,15H,4H2,1-2H3,(H2,12,13,14). The van der Waals surface area contributed by atoms with Crippen LogP contribution in [-0.2, 0) is 4.57 Å². The Kier molecular flexibility index (Phi) is 4.65. The Morgan fingerprint density at radius 2 is 2.19 bits per heavy atom. The van der Waals surface area contributed by atoms with Gasteiger partial charge in [-0.05, 0) is 14.6 Å². The number of aliphatic hydroxyl groups is 1. The molecule has 1 heterocycles. The van der Waals surface area contributed by atoms with Gasteiger partial charge in [-0.1, -0.05) is 13.8 Å². The Labute approximate surface area is 95.7 Å². The third kappa shape index (κ3) is 3.96. The van der Waals surface area contributed by atoms with Crippen molar-refractivity contribution in [3.8, 4) is 0 Å². The molecule has 0 aliphatic carbocycles. The second-order valence-electron chi connectivity index (χ2n) is 3.79. The molecule has 1 aromatic heterocycles. The average molecular weight is 266 g/mol. The van der Waals surface area contributed by atoms with Crippen molar-refractivity contribution >= 4 is 16.3 Å². The second-order valence-corrected chi connectivity index (χ2v) is 6.81. The fourth-order valence-corrected chi connectivity index (χ4v) is 2.96. The Bertz CT molecular complexity index is 387. The predicted octanol–water partition coefficient (Wildman–Crippen LogP) is 0.944. The largest absolute Gasteiger partial charge is 0.380 e. The van der Waals surface area contributed by atoms with Crippen LogP contribution in [0, 0.1) is 0 Å². The number of imidazole rings is 1. The van der Waals surface area contributed by atoms with Gasteiger partial charge in [-0.3, -0.25) is 4.57 Å². The van der Waals surface area contributed by atoms with Crippen molar-refractivity contribution in [3.63, 3.8) is 0 Å². The summed E-state index contributed by atoms with van der Waals surface area (Å²) in [5.41, 5.74) is 0.929. The van der Waals surface area contributed by atoms with Gasteiger partial charge in [0.2, 0.25) is 0 Å². The van der Waals surface area contributed by atoms with Crippen LogP contribution in [0.5, 0.6) is 0 Å². The van der Waals surface area contributed by atoms with Crippen molar-refractivity contribution in [2.45, 2.75) is 25.6 Å². The molecule has 0 saturated carbocycles. The van der Waals surface area contributed by atoms with Gasteiger partial charge in [0.25, 0.3) is 0 Å². The summed E-state index contributed by atoms with van der Waals surface area (Å²) in [5, 5.41) is 9.17. The van der Waals surface area contributed by atoms with Crippen LogP contribution in [0.25, 0.3) is 0 Å². The maximum atomic E-state index is 10.7. The number of hydrogen-bond donors (Lipinski definition) is 3. The third-order valence-corrected chi connectivity index (χ3v) is 4.52. The topological polar surface area (TPSA) is 95.6 Å². The van der Waals surface area contributed by atoms with E-state index >= 15 is 0 Å². The highest BCUT2D eigenvalue weighted by Gasteiger charge is 2.25. The number of aliphatic hydroxyl groups excluding tert-OH is 1. The predicted molar refractivity (Wildman–Crippen MR) is 62.9 cm³/mol. The summed E-state index contributed by atoms with van der Waals surface area (Å²) < 4.78 is 12.4. The van der Waals surface area contributed by atoms with Crippen LogP contribution >= 0.6 is 16.3 Å². The minimum atomic E-state index is -4.38. The van der Waals surface area contributed by atoms with Crippen molar-refractivity contribution in [1.29, 1.82) is 0 Å². The Morgan fingerprint density at radius 3 is 2.62 bits per heavy atom. The van der Waals surface area contributed by atoms with Crippen molar-refractivity contribution in [3.05, 3.63) is 18.2 Å². The van der Waals surface area contributed by atoms with Crippen molar-refractivity contribution in [2.75, 3.05) is 6.16 Å². The van der Waals surface area contributed by atoms with E-state index in [1.807, 2.05) is 20.0 Å². The van der Waals surface area contributed by atoms with Gasteiger partial charge in [0, 0.05) is 12.4 Å². The molecule has 0 fully saturated rings. The normalized spacial score (nSPS) is 15.1. The first-order valence-electron chi connectivity index (χ1n) is 4.81. The van der Waals surface area contributed by atoms with Crippen LogP contribution in [0.4, 0.5) is 0 Å². The molecule has 3 N–H and O–H groups in total. The molecule has 6 nitrogen and oxygen atoms in total. The molecule has 8 heteroatoms. The maximum Gasteiger partial charge on any atom is 0.354 e. The van der Waals surface area contributed by atoms with Gasteiger partial charge in [-0.25, -0.2) is 4.98 Å². The van der Waals surface area contributed by atoms with E-state index in [2.05, 4.69) is 4.98 Å². The highest BCUT2D eigenvalue weighted by Crippen LogP contribution is 2.42. The molecule has 0 saturated heterocycles. The molecule has 1 rings (SSSR count). The quantitative estimate of drug-likeness (QED) is 0.689. The minimum absolute atomic E-state index is 0.0399. The summed E-state index contributed by atoms with van der Waals surface area (Å²) >= 11 is 0. The average Bonchev–Trinajstić information content (AvgIpc) is 2.60. The molecule has 2 unspecified atom stereocenters. The van der Waals surface area contributed by atoms with E-state index in [1.165, 1.54) is 0 Å². The third-order valence-electron chi connectivity index (χ3n) is 2.04. The zero-order valence-electron chi connectivity index (χ0n) is 9.11. The molecule has 2 atom stereocenters. The number of hydrogen-bond acceptors (Lipinski definition) is 3. The van der Waals surface area contributed by atoms with Gasteiger partial charge < -0.3 is 19.2 Å². The smallest absolute Gasteiger partial charge is 0.354 e. The Hall–Kier alpha value is -0.250. The fourth-order valence-electron chi connectivity index (χ4n) is 1.03. The number of aromatic nitrogens is 2. The zero-order chi connectivity index (χ0) is 12.3.